The van der Waals surface area contributed by atoms with Gasteiger partial charge in [0, 0.05) is 13.5 Å². The average molecular weight is 376 g/mol. The molecule has 1 atom stereocenters. The van der Waals surface area contributed by atoms with E-state index in [4.69, 9.17) is 9.47 Å². The SMILES string of the molecule is CC.CC(C)C1(C(F)(F)F)CCCCO1.CCC1(C(C)(F)F)COC1. The molecule has 1 unspecified atom stereocenters. The van der Waals surface area contributed by atoms with Gasteiger partial charge in [-0.1, -0.05) is 34.6 Å². The fraction of sp³-hybridized carbons (Fsp3) is 1.00. The van der Waals surface area contributed by atoms with Crippen LogP contribution >= 0.6 is 0 Å². The lowest BCUT2D eigenvalue weighted by molar-refractivity contribution is -0.305. The number of ether oxygens (including phenoxy) is 2. The first-order valence-corrected chi connectivity index (χ1v) is 9.08. The third-order valence-electron chi connectivity index (χ3n) is 5.08. The molecule has 2 fully saturated rings. The average Bonchev–Trinajstić information content (AvgIpc) is 2.47. The molecule has 0 bridgehead atoms. The van der Waals surface area contributed by atoms with Crippen LogP contribution in [0.4, 0.5) is 22.0 Å². The monoisotopic (exact) mass is 376 g/mol. The summed E-state index contributed by atoms with van der Waals surface area (Å²) >= 11 is 0. The third kappa shape index (κ3) is 5.52. The quantitative estimate of drug-likeness (QED) is 0.543. The zero-order valence-electron chi connectivity index (χ0n) is 16.2. The highest BCUT2D eigenvalue weighted by Gasteiger charge is 2.58. The van der Waals surface area contributed by atoms with Crippen LogP contribution in [-0.2, 0) is 9.47 Å². The Morgan fingerprint density at radius 2 is 1.52 bits per heavy atom. The Morgan fingerprint density at radius 1 is 1.00 bits per heavy atom. The summed E-state index contributed by atoms with van der Waals surface area (Å²) in [6.07, 6.45) is -2.28. The highest BCUT2D eigenvalue weighted by atomic mass is 19.4. The van der Waals surface area contributed by atoms with Crippen molar-refractivity contribution in [3.8, 4) is 0 Å². The highest BCUT2D eigenvalue weighted by Crippen LogP contribution is 2.46. The maximum Gasteiger partial charge on any atom is 0.417 e. The smallest absolute Gasteiger partial charge is 0.380 e. The van der Waals surface area contributed by atoms with E-state index in [0.29, 0.717) is 12.8 Å². The molecule has 2 saturated heterocycles. The van der Waals surface area contributed by atoms with Crippen LogP contribution in [0.3, 0.4) is 0 Å². The van der Waals surface area contributed by atoms with Crippen LogP contribution < -0.4 is 0 Å². The molecular formula is C18H33F5O2. The van der Waals surface area contributed by atoms with Gasteiger partial charge in [-0.25, -0.2) is 8.78 Å². The van der Waals surface area contributed by atoms with Crippen molar-refractivity contribution in [1.29, 1.82) is 0 Å². The molecule has 0 aromatic heterocycles. The van der Waals surface area contributed by atoms with Gasteiger partial charge in [0.15, 0.2) is 5.60 Å². The van der Waals surface area contributed by atoms with Crippen LogP contribution in [0.5, 0.6) is 0 Å². The molecule has 0 aromatic carbocycles. The molecule has 0 saturated carbocycles. The van der Waals surface area contributed by atoms with Gasteiger partial charge in [0.25, 0.3) is 5.92 Å². The van der Waals surface area contributed by atoms with Gasteiger partial charge in [-0.2, -0.15) is 13.2 Å². The molecule has 2 aliphatic rings. The van der Waals surface area contributed by atoms with E-state index in [1.165, 1.54) is 0 Å². The van der Waals surface area contributed by atoms with Gasteiger partial charge in [0.2, 0.25) is 0 Å². The molecule has 0 N–H and O–H groups in total. The van der Waals surface area contributed by atoms with Crippen molar-refractivity contribution < 1.29 is 31.4 Å². The van der Waals surface area contributed by atoms with Crippen LogP contribution in [0.1, 0.15) is 67.2 Å². The van der Waals surface area contributed by atoms with E-state index in [-0.39, 0.29) is 26.2 Å². The van der Waals surface area contributed by atoms with Crippen molar-refractivity contribution in [1.82, 2.24) is 0 Å². The van der Waals surface area contributed by atoms with Gasteiger partial charge in [-0.05, 0) is 31.6 Å². The molecule has 25 heavy (non-hydrogen) atoms. The summed E-state index contributed by atoms with van der Waals surface area (Å²) in [4.78, 5) is 0. The minimum Gasteiger partial charge on any atom is -0.380 e. The lowest BCUT2D eigenvalue weighted by Gasteiger charge is -2.44. The first-order chi connectivity index (χ1) is 11.4. The Labute approximate surface area is 148 Å². The van der Waals surface area contributed by atoms with Crippen molar-refractivity contribution in [2.75, 3.05) is 19.8 Å². The summed E-state index contributed by atoms with van der Waals surface area (Å²) in [5.74, 6) is -3.09. The standard InChI is InChI=1S/C9H15F3O.C7H12F2O.C2H6/c1-7(2)8(9(10,11)12)5-3-4-6-13-8;1-3-7(4-10-5-7)6(2,8)9;1-2/h7H,3-6H2,1-2H3;3-5H2,1-2H3;1-2H3. The second kappa shape index (κ2) is 9.49. The minimum atomic E-state index is -4.23. The van der Waals surface area contributed by atoms with Gasteiger partial charge >= 0.3 is 6.18 Å². The number of alkyl halides is 5. The summed E-state index contributed by atoms with van der Waals surface area (Å²) in [6.45, 7) is 10.5. The zero-order chi connectivity index (χ0) is 19.9. The van der Waals surface area contributed by atoms with Crippen LogP contribution in [0, 0.1) is 11.3 Å². The highest BCUT2D eigenvalue weighted by molar-refractivity contribution is 4.94. The first kappa shape index (κ1) is 24.6. The van der Waals surface area contributed by atoms with Gasteiger partial charge in [-0.15, -0.1) is 0 Å². The summed E-state index contributed by atoms with van der Waals surface area (Å²) < 4.78 is 73.4. The second-order valence-electron chi connectivity index (χ2n) is 6.86. The van der Waals surface area contributed by atoms with Gasteiger partial charge in [0.05, 0.1) is 18.6 Å². The van der Waals surface area contributed by atoms with E-state index < -0.39 is 29.0 Å². The van der Waals surface area contributed by atoms with Crippen molar-refractivity contribution >= 4 is 0 Å². The topological polar surface area (TPSA) is 18.5 Å². The van der Waals surface area contributed by atoms with E-state index in [1.54, 1.807) is 20.8 Å². The molecule has 0 aliphatic carbocycles. The molecule has 152 valence electrons. The van der Waals surface area contributed by atoms with Gasteiger partial charge in [0.1, 0.15) is 0 Å². The van der Waals surface area contributed by atoms with E-state index in [1.807, 2.05) is 13.8 Å². The normalized spacial score (nSPS) is 25.9. The van der Waals surface area contributed by atoms with Crippen LogP contribution in [-0.4, -0.2) is 37.5 Å². The Morgan fingerprint density at radius 3 is 1.64 bits per heavy atom. The lowest BCUT2D eigenvalue weighted by Crippen LogP contribution is -2.53. The Balaban J connectivity index is 0.000000430. The number of hydrogen-bond acceptors (Lipinski definition) is 2. The molecule has 0 aromatic rings. The van der Waals surface area contributed by atoms with Crippen molar-refractivity contribution in [2.24, 2.45) is 11.3 Å². The van der Waals surface area contributed by atoms with Crippen molar-refractivity contribution in [3.63, 3.8) is 0 Å². The molecule has 2 aliphatic heterocycles. The summed E-state index contributed by atoms with van der Waals surface area (Å²) in [7, 11) is 0. The molecule has 2 rings (SSSR count). The number of hydrogen-bond donors (Lipinski definition) is 0. The Bertz CT molecular complexity index is 359. The lowest BCUT2D eigenvalue weighted by atomic mass is 9.77. The number of rotatable bonds is 3. The molecule has 0 amide bonds. The summed E-state index contributed by atoms with van der Waals surface area (Å²) in [5, 5.41) is 0. The Hall–Kier alpha value is -0.430. The minimum absolute atomic E-state index is 0.105. The second-order valence-corrected chi connectivity index (χ2v) is 6.86. The molecule has 2 nitrogen and oxygen atoms in total. The third-order valence-corrected chi connectivity index (χ3v) is 5.08. The van der Waals surface area contributed by atoms with Gasteiger partial charge in [-0.3, -0.25) is 0 Å². The van der Waals surface area contributed by atoms with Crippen molar-refractivity contribution in [3.05, 3.63) is 0 Å². The van der Waals surface area contributed by atoms with E-state index in [9.17, 15) is 22.0 Å². The van der Waals surface area contributed by atoms with E-state index in [2.05, 4.69) is 0 Å². The predicted molar refractivity (Wildman–Crippen MR) is 88.9 cm³/mol. The number of halogens is 5. The molecule has 7 heteroatoms. The summed E-state index contributed by atoms with van der Waals surface area (Å²) in [6, 6.07) is 0. The fourth-order valence-electron chi connectivity index (χ4n) is 2.94. The predicted octanol–water partition coefficient (Wildman–Crippen LogP) is 6.24. The molecule has 0 spiro atoms. The molecule has 0 radical (unpaired) electrons. The fourth-order valence-corrected chi connectivity index (χ4v) is 2.94. The van der Waals surface area contributed by atoms with Crippen molar-refractivity contribution in [2.45, 2.75) is 84.9 Å². The summed E-state index contributed by atoms with van der Waals surface area (Å²) in [5.41, 5.74) is -2.74. The van der Waals surface area contributed by atoms with Crippen LogP contribution in [0.2, 0.25) is 0 Å². The molecule has 2 heterocycles. The zero-order valence-corrected chi connectivity index (χ0v) is 16.2. The largest absolute Gasteiger partial charge is 0.417 e. The maximum absolute atomic E-state index is 12.7. The maximum atomic E-state index is 12.7. The molecular weight excluding hydrogens is 343 g/mol. The van der Waals surface area contributed by atoms with Gasteiger partial charge < -0.3 is 9.47 Å². The Kier molecular flexibility index (Phi) is 9.33. The van der Waals surface area contributed by atoms with E-state index >= 15 is 0 Å². The first-order valence-electron chi connectivity index (χ1n) is 9.08. The van der Waals surface area contributed by atoms with E-state index in [0.717, 1.165) is 13.3 Å². The van der Waals surface area contributed by atoms with Crippen LogP contribution in [0.25, 0.3) is 0 Å². The van der Waals surface area contributed by atoms with Crippen LogP contribution in [0.15, 0.2) is 0 Å².